The highest BCUT2D eigenvalue weighted by molar-refractivity contribution is 5.99. The summed E-state index contributed by atoms with van der Waals surface area (Å²) in [6.07, 6.45) is 6.53. The van der Waals surface area contributed by atoms with Crippen molar-refractivity contribution in [2.75, 3.05) is 13.1 Å². The van der Waals surface area contributed by atoms with E-state index in [2.05, 4.69) is 9.55 Å². The van der Waals surface area contributed by atoms with E-state index in [0.29, 0.717) is 17.8 Å². The lowest BCUT2D eigenvalue weighted by Gasteiger charge is -2.21. The largest absolute Gasteiger partial charge is 0.355 e. The number of nitrogens with zero attached hydrogens (tertiary/aromatic N) is 2. The fourth-order valence-electron chi connectivity index (χ4n) is 2.95. The standard InChI is InChI=1S/C16H19N3O2/c1-12-14(11-20)17-13-5-4-8-19(16(21)15(12)13)10-9-18-6-2-3-7-18/h2-3,6-7,11,17H,4-5,8-10H2,1H3. The van der Waals surface area contributed by atoms with Crippen LogP contribution in [0.2, 0.25) is 0 Å². The van der Waals surface area contributed by atoms with Crippen LogP contribution in [0.25, 0.3) is 0 Å². The van der Waals surface area contributed by atoms with Gasteiger partial charge in [0.15, 0.2) is 6.29 Å². The molecular weight excluding hydrogens is 266 g/mol. The van der Waals surface area contributed by atoms with Crippen molar-refractivity contribution >= 4 is 12.2 Å². The molecule has 0 saturated carbocycles. The van der Waals surface area contributed by atoms with Crippen molar-refractivity contribution in [3.05, 3.63) is 47.0 Å². The second kappa shape index (κ2) is 5.60. The molecule has 0 saturated heterocycles. The second-order valence-electron chi connectivity index (χ2n) is 5.45. The number of rotatable bonds is 4. The lowest BCUT2D eigenvalue weighted by molar-refractivity contribution is 0.0755. The van der Waals surface area contributed by atoms with Gasteiger partial charge in [-0.1, -0.05) is 0 Å². The predicted molar refractivity (Wildman–Crippen MR) is 79.6 cm³/mol. The first-order valence-corrected chi connectivity index (χ1v) is 7.27. The molecule has 0 fully saturated rings. The van der Waals surface area contributed by atoms with Gasteiger partial charge in [0.2, 0.25) is 0 Å². The summed E-state index contributed by atoms with van der Waals surface area (Å²) in [7, 11) is 0. The van der Waals surface area contributed by atoms with E-state index in [1.807, 2.05) is 36.4 Å². The lowest BCUT2D eigenvalue weighted by Crippen LogP contribution is -2.34. The number of H-pyrrole nitrogens is 1. The Morgan fingerprint density at radius 1 is 1.29 bits per heavy atom. The van der Waals surface area contributed by atoms with Gasteiger partial charge in [-0.25, -0.2) is 0 Å². The molecule has 1 aliphatic heterocycles. The summed E-state index contributed by atoms with van der Waals surface area (Å²) < 4.78 is 2.07. The van der Waals surface area contributed by atoms with Gasteiger partial charge in [-0.05, 0) is 37.5 Å². The van der Waals surface area contributed by atoms with Crippen molar-refractivity contribution < 1.29 is 9.59 Å². The van der Waals surface area contributed by atoms with Gasteiger partial charge in [-0.15, -0.1) is 0 Å². The van der Waals surface area contributed by atoms with Crippen LogP contribution in [0.3, 0.4) is 0 Å². The number of hydrogen-bond acceptors (Lipinski definition) is 2. The van der Waals surface area contributed by atoms with Gasteiger partial charge in [0.05, 0.1) is 11.3 Å². The van der Waals surface area contributed by atoms with Crippen molar-refractivity contribution in [3.8, 4) is 0 Å². The Bertz CT molecular complexity index is 655. The Labute approximate surface area is 123 Å². The molecule has 0 atom stereocenters. The van der Waals surface area contributed by atoms with E-state index in [9.17, 15) is 9.59 Å². The molecule has 2 aromatic rings. The molecule has 0 aliphatic carbocycles. The maximum absolute atomic E-state index is 12.7. The Morgan fingerprint density at radius 3 is 2.76 bits per heavy atom. The van der Waals surface area contributed by atoms with E-state index in [-0.39, 0.29) is 5.91 Å². The van der Waals surface area contributed by atoms with Gasteiger partial charge in [0.1, 0.15) is 0 Å². The molecular formula is C16H19N3O2. The van der Waals surface area contributed by atoms with Crippen LogP contribution in [-0.4, -0.2) is 39.7 Å². The summed E-state index contributed by atoms with van der Waals surface area (Å²) in [4.78, 5) is 28.7. The molecule has 2 aromatic heterocycles. The zero-order valence-corrected chi connectivity index (χ0v) is 12.1. The summed E-state index contributed by atoms with van der Waals surface area (Å²) >= 11 is 0. The number of aromatic amines is 1. The van der Waals surface area contributed by atoms with Gasteiger partial charge in [0, 0.05) is 37.7 Å². The molecule has 5 nitrogen and oxygen atoms in total. The van der Waals surface area contributed by atoms with Gasteiger partial charge in [-0.2, -0.15) is 0 Å². The topological polar surface area (TPSA) is 58.1 Å². The predicted octanol–water partition coefficient (Wildman–Crippen LogP) is 2.03. The number of fused-ring (bicyclic) bond motifs is 1. The average molecular weight is 285 g/mol. The van der Waals surface area contributed by atoms with Gasteiger partial charge in [-0.3, -0.25) is 9.59 Å². The van der Waals surface area contributed by atoms with Crippen LogP contribution in [0.15, 0.2) is 24.5 Å². The number of carbonyl (C=O) groups is 2. The first-order valence-electron chi connectivity index (χ1n) is 7.27. The number of hydrogen-bond donors (Lipinski definition) is 1. The smallest absolute Gasteiger partial charge is 0.256 e. The Kier molecular flexibility index (Phi) is 3.64. The molecule has 1 amide bonds. The molecule has 0 radical (unpaired) electrons. The van der Waals surface area contributed by atoms with E-state index >= 15 is 0 Å². The van der Waals surface area contributed by atoms with Gasteiger partial charge < -0.3 is 14.5 Å². The molecule has 1 N–H and O–H groups in total. The molecule has 3 rings (SSSR count). The van der Waals surface area contributed by atoms with Gasteiger partial charge in [0.25, 0.3) is 5.91 Å². The fraction of sp³-hybridized carbons (Fsp3) is 0.375. The first-order chi connectivity index (χ1) is 10.2. The van der Waals surface area contributed by atoms with Crippen LogP contribution in [0, 0.1) is 6.92 Å². The lowest BCUT2D eigenvalue weighted by atomic mass is 10.1. The third-order valence-corrected chi connectivity index (χ3v) is 4.13. The molecule has 110 valence electrons. The van der Waals surface area contributed by atoms with Gasteiger partial charge >= 0.3 is 0 Å². The highest BCUT2D eigenvalue weighted by Gasteiger charge is 2.27. The number of nitrogens with one attached hydrogen (secondary N) is 1. The van der Waals surface area contributed by atoms with Crippen molar-refractivity contribution in [1.82, 2.24) is 14.5 Å². The first kappa shape index (κ1) is 13.7. The molecule has 0 spiro atoms. The van der Waals surface area contributed by atoms with E-state index in [1.165, 1.54) is 0 Å². The maximum Gasteiger partial charge on any atom is 0.256 e. The molecule has 0 unspecified atom stereocenters. The number of amides is 1. The van der Waals surface area contributed by atoms with Crippen molar-refractivity contribution in [2.24, 2.45) is 0 Å². The van der Waals surface area contributed by atoms with E-state index in [0.717, 1.165) is 43.5 Å². The van der Waals surface area contributed by atoms with Crippen molar-refractivity contribution in [3.63, 3.8) is 0 Å². The normalized spacial score (nSPS) is 14.9. The zero-order valence-electron chi connectivity index (χ0n) is 12.1. The van der Waals surface area contributed by atoms with Crippen LogP contribution >= 0.6 is 0 Å². The molecule has 21 heavy (non-hydrogen) atoms. The van der Waals surface area contributed by atoms with E-state index in [1.54, 1.807) is 0 Å². The van der Waals surface area contributed by atoms with E-state index < -0.39 is 0 Å². The third-order valence-electron chi connectivity index (χ3n) is 4.13. The monoisotopic (exact) mass is 285 g/mol. The summed E-state index contributed by atoms with van der Waals surface area (Å²) in [5.41, 5.74) is 2.91. The molecule has 0 aromatic carbocycles. The van der Waals surface area contributed by atoms with Crippen LogP contribution < -0.4 is 0 Å². The highest BCUT2D eigenvalue weighted by atomic mass is 16.2. The molecule has 1 aliphatic rings. The molecule has 5 heteroatoms. The fourth-order valence-corrected chi connectivity index (χ4v) is 2.95. The zero-order chi connectivity index (χ0) is 14.8. The molecule has 3 heterocycles. The number of aldehydes is 1. The number of aromatic nitrogens is 2. The van der Waals surface area contributed by atoms with Crippen LogP contribution in [0.5, 0.6) is 0 Å². The second-order valence-corrected chi connectivity index (χ2v) is 5.45. The van der Waals surface area contributed by atoms with Crippen molar-refractivity contribution in [1.29, 1.82) is 0 Å². The van der Waals surface area contributed by atoms with Crippen LogP contribution in [-0.2, 0) is 13.0 Å². The molecule has 0 bridgehead atoms. The third kappa shape index (κ3) is 2.51. The van der Waals surface area contributed by atoms with Crippen LogP contribution in [0.4, 0.5) is 0 Å². The highest BCUT2D eigenvalue weighted by Crippen LogP contribution is 2.23. The minimum absolute atomic E-state index is 0.0384. The Morgan fingerprint density at radius 2 is 2.05 bits per heavy atom. The quantitative estimate of drug-likeness (QED) is 0.874. The minimum atomic E-state index is 0.0384. The Balaban J connectivity index is 1.82. The van der Waals surface area contributed by atoms with Crippen molar-refractivity contribution in [2.45, 2.75) is 26.3 Å². The number of aryl methyl sites for hydroxylation is 1. The Hall–Kier alpha value is -2.30. The summed E-state index contributed by atoms with van der Waals surface area (Å²) in [6.45, 7) is 4.08. The summed E-state index contributed by atoms with van der Waals surface area (Å²) in [6, 6.07) is 3.96. The minimum Gasteiger partial charge on any atom is -0.355 e. The maximum atomic E-state index is 12.7. The summed E-state index contributed by atoms with van der Waals surface area (Å²) in [5, 5.41) is 0. The number of carbonyl (C=O) groups excluding carboxylic acids is 2. The van der Waals surface area contributed by atoms with Crippen LogP contribution in [0.1, 0.15) is 38.5 Å². The van der Waals surface area contributed by atoms with E-state index in [4.69, 9.17) is 0 Å². The SMILES string of the molecule is Cc1c(C=O)[nH]c2c1C(=O)N(CCn1cccc1)CCC2. The summed E-state index contributed by atoms with van der Waals surface area (Å²) in [5.74, 6) is 0.0384. The average Bonchev–Trinajstić information content (AvgIpc) is 3.06.